The zero-order chi connectivity index (χ0) is 27.3. The summed E-state index contributed by atoms with van der Waals surface area (Å²) in [6.07, 6.45) is 1.49. The molecule has 7 nitrogen and oxygen atoms in total. The normalized spacial score (nSPS) is 11.4. The molecule has 0 unspecified atom stereocenters. The minimum Gasteiger partial charge on any atom is -0.493 e. The van der Waals surface area contributed by atoms with Gasteiger partial charge in [-0.2, -0.15) is 0 Å². The second kappa shape index (κ2) is 11.6. The van der Waals surface area contributed by atoms with Crippen molar-refractivity contribution in [3.63, 3.8) is 0 Å². The highest BCUT2D eigenvalue weighted by molar-refractivity contribution is 5.95. The number of carbonyl (C=O) groups is 1. The van der Waals surface area contributed by atoms with Crippen LogP contribution in [0.1, 0.15) is 54.5 Å². The van der Waals surface area contributed by atoms with Crippen molar-refractivity contribution in [1.82, 2.24) is 14.9 Å². The number of rotatable bonds is 10. The molecule has 1 N–H and O–H groups in total. The van der Waals surface area contributed by atoms with E-state index in [0.29, 0.717) is 29.4 Å². The van der Waals surface area contributed by atoms with Gasteiger partial charge in [0.15, 0.2) is 11.5 Å². The van der Waals surface area contributed by atoms with Crippen LogP contribution in [-0.2, 0) is 18.4 Å². The van der Waals surface area contributed by atoms with Gasteiger partial charge in [-0.25, -0.2) is 4.98 Å². The average Bonchev–Trinajstić information content (AvgIpc) is 3.26. The predicted molar refractivity (Wildman–Crippen MR) is 151 cm³/mol. The summed E-state index contributed by atoms with van der Waals surface area (Å²) >= 11 is 0. The van der Waals surface area contributed by atoms with Gasteiger partial charge in [0.25, 0.3) is 5.91 Å². The summed E-state index contributed by atoms with van der Waals surface area (Å²) in [5.74, 6) is 2.16. The van der Waals surface area contributed by atoms with E-state index >= 15 is 0 Å². The lowest BCUT2D eigenvalue weighted by atomic mass is 9.87. The molecule has 4 aromatic rings. The topological polar surface area (TPSA) is 74.6 Å². The summed E-state index contributed by atoms with van der Waals surface area (Å²) in [5, 5.41) is 3.00. The van der Waals surface area contributed by atoms with E-state index in [1.54, 1.807) is 12.1 Å². The molecule has 0 aliphatic carbocycles. The maximum atomic E-state index is 12.9. The number of nitrogens with one attached hydrogen (secondary N) is 1. The van der Waals surface area contributed by atoms with E-state index in [-0.39, 0.29) is 11.3 Å². The van der Waals surface area contributed by atoms with E-state index in [9.17, 15) is 4.79 Å². The van der Waals surface area contributed by atoms with Crippen LogP contribution < -0.4 is 19.5 Å². The highest BCUT2D eigenvalue weighted by Crippen LogP contribution is 2.38. The lowest BCUT2D eigenvalue weighted by Crippen LogP contribution is -2.25. The van der Waals surface area contributed by atoms with Gasteiger partial charge >= 0.3 is 0 Å². The maximum absolute atomic E-state index is 12.9. The number of fused-ring (bicyclic) bond motifs is 1. The lowest BCUT2D eigenvalue weighted by Gasteiger charge is -2.19. The molecule has 0 spiro atoms. The molecular weight excluding hydrogens is 478 g/mol. The van der Waals surface area contributed by atoms with E-state index in [0.717, 1.165) is 36.2 Å². The van der Waals surface area contributed by atoms with Crippen molar-refractivity contribution in [3.05, 3.63) is 83.2 Å². The third kappa shape index (κ3) is 5.93. The number of imidazole rings is 1. The van der Waals surface area contributed by atoms with Crippen LogP contribution in [0, 0.1) is 0 Å². The van der Waals surface area contributed by atoms with E-state index in [4.69, 9.17) is 19.2 Å². The number of nitrogens with zero attached hydrogens (tertiary/aromatic N) is 2. The summed E-state index contributed by atoms with van der Waals surface area (Å²) in [6, 6.07) is 20.4. The quantitative estimate of drug-likeness (QED) is 0.271. The number of aromatic nitrogens is 2. The molecule has 1 amide bonds. The predicted octanol–water partition coefficient (Wildman–Crippen LogP) is 5.77. The van der Waals surface area contributed by atoms with Crippen LogP contribution in [0.2, 0.25) is 0 Å². The molecular formula is C31H37N3O4. The van der Waals surface area contributed by atoms with Crippen LogP contribution in [0.25, 0.3) is 11.0 Å². The summed E-state index contributed by atoms with van der Waals surface area (Å²) < 4.78 is 18.4. The maximum Gasteiger partial charge on any atom is 0.251 e. The van der Waals surface area contributed by atoms with E-state index in [1.807, 2.05) is 18.2 Å². The largest absolute Gasteiger partial charge is 0.493 e. The Labute approximate surface area is 224 Å². The number of aryl methyl sites for hydroxylation is 1. The SMILES string of the molecule is COc1cc(C(=O)NCCCc2nc3ccccc3n2Cc2ccc(C(C)(C)C)cc2)cc(OC)c1OC. The molecule has 0 bridgehead atoms. The van der Waals surface area contributed by atoms with Gasteiger partial charge in [0.1, 0.15) is 5.82 Å². The fraction of sp³-hybridized carbons (Fsp3) is 0.355. The molecule has 1 aromatic heterocycles. The number of carbonyl (C=O) groups excluding carboxylic acids is 1. The van der Waals surface area contributed by atoms with Gasteiger partial charge in [0.2, 0.25) is 5.75 Å². The number of methoxy groups -OCH3 is 3. The fourth-order valence-corrected chi connectivity index (χ4v) is 4.55. The Balaban J connectivity index is 1.45. The number of amides is 1. The van der Waals surface area contributed by atoms with Crippen LogP contribution in [0.4, 0.5) is 0 Å². The second-order valence-corrected chi connectivity index (χ2v) is 10.3. The molecule has 0 aliphatic heterocycles. The Hall–Kier alpha value is -4.00. The molecule has 0 aliphatic rings. The molecule has 0 atom stereocenters. The fourth-order valence-electron chi connectivity index (χ4n) is 4.55. The first-order valence-corrected chi connectivity index (χ1v) is 12.9. The van der Waals surface area contributed by atoms with Crippen molar-refractivity contribution in [2.45, 2.75) is 45.6 Å². The van der Waals surface area contributed by atoms with E-state index in [2.05, 4.69) is 61.0 Å². The molecule has 200 valence electrons. The number of hydrogen-bond acceptors (Lipinski definition) is 5. The van der Waals surface area contributed by atoms with Gasteiger partial charge in [-0.1, -0.05) is 57.2 Å². The van der Waals surface area contributed by atoms with Crippen molar-refractivity contribution in [1.29, 1.82) is 0 Å². The Morgan fingerprint density at radius 1 is 0.921 bits per heavy atom. The van der Waals surface area contributed by atoms with Crippen LogP contribution in [0.15, 0.2) is 60.7 Å². The molecule has 38 heavy (non-hydrogen) atoms. The molecule has 1 heterocycles. The average molecular weight is 516 g/mol. The highest BCUT2D eigenvalue weighted by Gasteiger charge is 2.18. The summed E-state index contributed by atoms with van der Waals surface area (Å²) in [6.45, 7) is 7.94. The van der Waals surface area contributed by atoms with Crippen molar-refractivity contribution in [3.8, 4) is 17.2 Å². The van der Waals surface area contributed by atoms with Crippen molar-refractivity contribution in [2.75, 3.05) is 27.9 Å². The molecule has 0 saturated heterocycles. The van der Waals surface area contributed by atoms with Gasteiger partial charge in [0.05, 0.1) is 32.4 Å². The first kappa shape index (κ1) is 27.0. The first-order valence-electron chi connectivity index (χ1n) is 12.9. The summed E-state index contributed by atoms with van der Waals surface area (Å²) in [5.41, 5.74) is 5.22. The van der Waals surface area contributed by atoms with E-state index < -0.39 is 0 Å². The Kier molecular flexibility index (Phi) is 8.25. The number of hydrogen-bond donors (Lipinski definition) is 1. The Morgan fingerprint density at radius 3 is 2.18 bits per heavy atom. The third-order valence-corrected chi connectivity index (χ3v) is 6.68. The van der Waals surface area contributed by atoms with Crippen LogP contribution >= 0.6 is 0 Å². The highest BCUT2D eigenvalue weighted by atomic mass is 16.5. The zero-order valence-electron chi connectivity index (χ0n) is 23.1. The number of benzene rings is 3. The molecule has 0 fully saturated rings. The smallest absolute Gasteiger partial charge is 0.251 e. The van der Waals surface area contributed by atoms with Gasteiger partial charge in [-0.3, -0.25) is 4.79 Å². The van der Waals surface area contributed by atoms with Gasteiger partial charge in [0, 0.05) is 25.1 Å². The second-order valence-electron chi connectivity index (χ2n) is 10.3. The molecule has 0 saturated carbocycles. The van der Waals surface area contributed by atoms with Crippen molar-refractivity contribution in [2.24, 2.45) is 0 Å². The summed E-state index contributed by atoms with van der Waals surface area (Å²) in [7, 11) is 4.60. The van der Waals surface area contributed by atoms with E-state index in [1.165, 1.54) is 32.5 Å². The van der Waals surface area contributed by atoms with Gasteiger partial charge in [-0.15, -0.1) is 0 Å². The first-order chi connectivity index (χ1) is 18.2. The monoisotopic (exact) mass is 515 g/mol. The van der Waals surface area contributed by atoms with Crippen LogP contribution in [0.5, 0.6) is 17.2 Å². The minimum absolute atomic E-state index is 0.123. The molecule has 7 heteroatoms. The van der Waals surface area contributed by atoms with Gasteiger partial charge < -0.3 is 24.1 Å². The Bertz CT molecular complexity index is 1380. The van der Waals surface area contributed by atoms with Crippen LogP contribution in [0.3, 0.4) is 0 Å². The van der Waals surface area contributed by atoms with Crippen molar-refractivity contribution < 1.29 is 19.0 Å². The van der Waals surface area contributed by atoms with Crippen molar-refractivity contribution >= 4 is 16.9 Å². The van der Waals surface area contributed by atoms with Gasteiger partial charge in [-0.05, 0) is 47.2 Å². The minimum atomic E-state index is -0.198. The third-order valence-electron chi connectivity index (χ3n) is 6.68. The lowest BCUT2D eigenvalue weighted by molar-refractivity contribution is 0.0952. The number of para-hydroxylation sites is 2. The standard InChI is InChI=1S/C31H37N3O4/c1-31(2,3)23-15-13-21(14-16-23)20-34-25-11-8-7-10-24(25)33-28(34)12-9-17-32-30(35)22-18-26(36-4)29(38-6)27(19-22)37-5/h7-8,10-11,13-16,18-19H,9,12,17,20H2,1-6H3,(H,32,35). The van der Waals surface area contributed by atoms with Crippen LogP contribution in [-0.4, -0.2) is 43.3 Å². The molecule has 3 aromatic carbocycles. The zero-order valence-corrected chi connectivity index (χ0v) is 23.1. The molecule has 0 radical (unpaired) electrons. The summed E-state index contributed by atoms with van der Waals surface area (Å²) in [4.78, 5) is 17.8. The molecule has 4 rings (SSSR count). The number of ether oxygens (including phenoxy) is 3. The Morgan fingerprint density at radius 2 is 1.58 bits per heavy atom.